The second-order valence-corrected chi connectivity index (χ2v) is 5.33. The summed E-state index contributed by atoms with van der Waals surface area (Å²) < 4.78 is 5.30. The molecule has 1 N–H and O–H groups in total. The van der Waals surface area contributed by atoms with Crippen LogP contribution in [0.5, 0.6) is 0 Å². The van der Waals surface area contributed by atoms with Gasteiger partial charge in [-0.1, -0.05) is 13.3 Å². The van der Waals surface area contributed by atoms with Crippen molar-refractivity contribution >= 4 is 5.91 Å². The molecule has 0 spiro atoms. The summed E-state index contributed by atoms with van der Waals surface area (Å²) in [6.45, 7) is 5.70. The van der Waals surface area contributed by atoms with Gasteiger partial charge in [-0.3, -0.25) is 9.69 Å². The average molecular weight is 264 g/mol. The van der Waals surface area contributed by atoms with Gasteiger partial charge in [0.2, 0.25) is 5.91 Å². The summed E-state index contributed by atoms with van der Waals surface area (Å²) in [5.74, 6) is 0.892. The maximum absolute atomic E-state index is 12.1. The number of amides is 1. The molecule has 4 nitrogen and oxygen atoms in total. The molecular formula is C15H24N2O2. The van der Waals surface area contributed by atoms with E-state index in [-0.39, 0.29) is 11.9 Å². The number of hydrogen-bond donors (Lipinski definition) is 1. The van der Waals surface area contributed by atoms with Crippen LogP contribution < -0.4 is 5.32 Å². The van der Waals surface area contributed by atoms with Crippen molar-refractivity contribution in [1.82, 2.24) is 10.2 Å². The minimum absolute atomic E-state index is 0.0626. The van der Waals surface area contributed by atoms with Gasteiger partial charge in [-0.2, -0.15) is 0 Å². The van der Waals surface area contributed by atoms with Gasteiger partial charge in [0.15, 0.2) is 0 Å². The van der Waals surface area contributed by atoms with Crippen LogP contribution in [0.2, 0.25) is 0 Å². The Kier molecular flexibility index (Phi) is 5.02. The van der Waals surface area contributed by atoms with Gasteiger partial charge in [0.1, 0.15) is 5.76 Å². The van der Waals surface area contributed by atoms with E-state index in [1.54, 1.807) is 6.26 Å². The summed E-state index contributed by atoms with van der Waals surface area (Å²) in [6, 6.07) is 4.24. The summed E-state index contributed by atoms with van der Waals surface area (Å²) >= 11 is 0. The van der Waals surface area contributed by atoms with E-state index in [4.69, 9.17) is 4.42 Å². The lowest BCUT2D eigenvalue weighted by Gasteiger charge is -2.34. The van der Waals surface area contributed by atoms with Gasteiger partial charge in [-0.15, -0.1) is 0 Å². The highest BCUT2D eigenvalue weighted by Crippen LogP contribution is 2.19. The number of rotatable bonds is 5. The maximum Gasteiger partial charge on any atom is 0.234 e. The second-order valence-electron chi connectivity index (χ2n) is 5.33. The van der Waals surface area contributed by atoms with Crippen LogP contribution in [0.1, 0.15) is 51.3 Å². The van der Waals surface area contributed by atoms with Gasteiger partial charge >= 0.3 is 0 Å². The number of likely N-dealkylation sites (tertiary alicyclic amines) is 1. The number of nitrogens with one attached hydrogen (secondary N) is 1. The van der Waals surface area contributed by atoms with Crippen LogP contribution >= 0.6 is 0 Å². The lowest BCUT2D eigenvalue weighted by Crippen LogP contribution is -2.45. The van der Waals surface area contributed by atoms with Gasteiger partial charge in [-0.25, -0.2) is 0 Å². The molecule has 0 bridgehead atoms. The number of hydrogen-bond acceptors (Lipinski definition) is 3. The molecule has 1 amide bonds. The monoisotopic (exact) mass is 264 g/mol. The number of piperidine rings is 1. The van der Waals surface area contributed by atoms with Gasteiger partial charge in [-0.05, 0) is 44.9 Å². The van der Waals surface area contributed by atoms with E-state index in [1.165, 1.54) is 19.3 Å². The smallest absolute Gasteiger partial charge is 0.234 e. The zero-order chi connectivity index (χ0) is 13.7. The first-order chi connectivity index (χ1) is 9.20. The summed E-state index contributed by atoms with van der Waals surface area (Å²) in [5.41, 5.74) is 0. The molecule has 1 saturated heterocycles. The minimum Gasteiger partial charge on any atom is -0.467 e. The molecule has 19 heavy (non-hydrogen) atoms. The maximum atomic E-state index is 12.1. The third-order valence-electron chi connectivity index (χ3n) is 3.91. The molecular weight excluding hydrogens is 240 g/mol. The molecule has 106 valence electrons. The number of carbonyl (C=O) groups is 1. The average Bonchev–Trinajstić information content (AvgIpc) is 2.93. The Bertz CT molecular complexity index is 389. The highest BCUT2D eigenvalue weighted by Gasteiger charge is 2.23. The van der Waals surface area contributed by atoms with E-state index in [2.05, 4.69) is 17.1 Å². The Morgan fingerprint density at radius 1 is 1.58 bits per heavy atom. The van der Waals surface area contributed by atoms with Crippen molar-refractivity contribution in [3.8, 4) is 0 Å². The Labute approximate surface area is 115 Å². The lowest BCUT2D eigenvalue weighted by molar-refractivity contribution is -0.124. The van der Waals surface area contributed by atoms with Crippen LogP contribution in [0.3, 0.4) is 0 Å². The molecule has 1 aromatic rings. The van der Waals surface area contributed by atoms with E-state index in [0.717, 1.165) is 18.7 Å². The molecule has 1 aliphatic heterocycles. The van der Waals surface area contributed by atoms with Gasteiger partial charge in [0, 0.05) is 6.04 Å². The van der Waals surface area contributed by atoms with Crippen molar-refractivity contribution < 1.29 is 9.21 Å². The minimum atomic E-state index is -0.0626. The topological polar surface area (TPSA) is 45.5 Å². The molecule has 4 heteroatoms. The van der Waals surface area contributed by atoms with Crippen molar-refractivity contribution in [2.24, 2.45) is 0 Å². The Hall–Kier alpha value is -1.29. The van der Waals surface area contributed by atoms with E-state index in [9.17, 15) is 4.79 Å². The van der Waals surface area contributed by atoms with Crippen LogP contribution in [0, 0.1) is 0 Å². The molecule has 0 unspecified atom stereocenters. The van der Waals surface area contributed by atoms with Crippen molar-refractivity contribution in [3.63, 3.8) is 0 Å². The second kappa shape index (κ2) is 6.75. The number of furan rings is 1. The zero-order valence-electron chi connectivity index (χ0n) is 11.9. The molecule has 2 atom stereocenters. The molecule has 2 heterocycles. The van der Waals surface area contributed by atoms with Crippen LogP contribution in [0.15, 0.2) is 22.8 Å². The Morgan fingerprint density at radius 2 is 2.42 bits per heavy atom. The highest BCUT2D eigenvalue weighted by molar-refractivity contribution is 5.78. The number of nitrogens with zero attached hydrogens (tertiary/aromatic N) is 1. The van der Waals surface area contributed by atoms with Crippen molar-refractivity contribution in [2.45, 2.75) is 51.6 Å². The summed E-state index contributed by atoms with van der Waals surface area (Å²) in [4.78, 5) is 14.4. The zero-order valence-corrected chi connectivity index (χ0v) is 11.9. The first kappa shape index (κ1) is 14.1. The van der Waals surface area contributed by atoms with E-state index in [1.807, 2.05) is 19.1 Å². The van der Waals surface area contributed by atoms with Crippen molar-refractivity contribution in [2.75, 3.05) is 13.1 Å². The first-order valence-electron chi connectivity index (χ1n) is 7.27. The molecule has 0 aromatic carbocycles. The van der Waals surface area contributed by atoms with E-state index < -0.39 is 0 Å². The predicted molar refractivity (Wildman–Crippen MR) is 74.8 cm³/mol. The molecule has 0 radical (unpaired) electrons. The molecule has 1 fully saturated rings. The van der Waals surface area contributed by atoms with Gasteiger partial charge < -0.3 is 9.73 Å². The van der Waals surface area contributed by atoms with E-state index >= 15 is 0 Å². The molecule has 1 aliphatic rings. The predicted octanol–water partition coefficient (Wildman–Crippen LogP) is 2.72. The summed E-state index contributed by atoms with van der Waals surface area (Å²) in [6.07, 6.45) is 6.48. The van der Waals surface area contributed by atoms with Gasteiger partial charge in [0.05, 0.1) is 18.8 Å². The quantitative estimate of drug-likeness (QED) is 0.889. The van der Waals surface area contributed by atoms with Crippen LogP contribution in [0.4, 0.5) is 0 Å². The Morgan fingerprint density at radius 3 is 3.11 bits per heavy atom. The third-order valence-corrected chi connectivity index (χ3v) is 3.91. The molecule has 0 aliphatic carbocycles. The van der Waals surface area contributed by atoms with Crippen molar-refractivity contribution in [1.29, 1.82) is 0 Å². The largest absolute Gasteiger partial charge is 0.467 e. The molecule has 1 aromatic heterocycles. The molecule has 2 rings (SSSR count). The van der Waals surface area contributed by atoms with E-state index in [0.29, 0.717) is 12.6 Å². The lowest BCUT2D eigenvalue weighted by atomic mass is 10.00. The van der Waals surface area contributed by atoms with Crippen LogP contribution in [-0.4, -0.2) is 29.9 Å². The molecule has 0 saturated carbocycles. The van der Waals surface area contributed by atoms with Crippen molar-refractivity contribution in [3.05, 3.63) is 24.2 Å². The first-order valence-corrected chi connectivity index (χ1v) is 7.27. The SMILES string of the molecule is CC[C@H]1CCCCN1CC(=O)N[C@H](C)c1ccco1. The normalized spacial score (nSPS) is 22.1. The standard InChI is InChI=1S/C15H24N2O2/c1-3-13-7-4-5-9-17(13)11-15(18)16-12(2)14-8-6-10-19-14/h6,8,10,12-13H,3-5,7,9,11H2,1-2H3,(H,16,18)/t12-,13+/m1/s1. The fourth-order valence-corrected chi connectivity index (χ4v) is 2.81. The summed E-state index contributed by atoms with van der Waals surface area (Å²) in [5, 5.41) is 3.00. The number of carbonyl (C=O) groups excluding carboxylic acids is 1. The fraction of sp³-hybridized carbons (Fsp3) is 0.667. The van der Waals surface area contributed by atoms with Crippen LogP contribution in [0.25, 0.3) is 0 Å². The summed E-state index contributed by atoms with van der Waals surface area (Å²) in [7, 11) is 0. The van der Waals surface area contributed by atoms with Crippen LogP contribution in [-0.2, 0) is 4.79 Å². The highest BCUT2D eigenvalue weighted by atomic mass is 16.3. The van der Waals surface area contributed by atoms with Gasteiger partial charge in [0.25, 0.3) is 0 Å². The third kappa shape index (κ3) is 3.83. The Balaban J connectivity index is 1.83. The fourth-order valence-electron chi connectivity index (χ4n) is 2.81.